The van der Waals surface area contributed by atoms with Gasteiger partial charge in [-0.1, -0.05) is 0 Å². The van der Waals surface area contributed by atoms with E-state index in [1.807, 2.05) is 0 Å². The van der Waals surface area contributed by atoms with Gasteiger partial charge in [-0.05, 0) is 0 Å². The molecular weight excluding hydrogens is 224 g/mol. The summed E-state index contributed by atoms with van der Waals surface area (Å²) in [7, 11) is 0. The molecule has 0 unspecified atom stereocenters. The summed E-state index contributed by atoms with van der Waals surface area (Å²) in [6.07, 6.45) is 2.99. The maximum absolute atomic E-state index is 12.9. The van der Waals surface area contributed by atoms with Gasteiger partial charge < -0.3 is 4.90 Å². The molecule has 0 spiro atoms. The number of hydrogen-bond acceptors (Lipinski definition) is 3. The summed E-state index contributed by atoms with van der Waals surface area (Å²) in [4.78, 5) is 9.47. The summed E-state index contributed by atoms with van der Waals surface area (Å²) in [5, 5.41) is 0. The topological polar surface area (TPSA) is 29.0 Å². The van der Waals surface area contributed by atoms with Crippen LogP contribution >= 0.6 is 11.6 Å². The van der Waals surface area contributed by atoms with Crippen molar-refractivity contribution in [2.45, 2.75) is 18.2 Å². The molecule has 2 heterocycles. The van der Waals surface area contributed by atoms with E-state index in [2.05, 4.69) is 9.97 Å². The molecule has 1 aromatic heterocycles. The maximum Gasteiger partial charge on any atom is 0.267 e. The van der Waals surface area contributed by atoms with Crippen LogP contribution in [0.3, 0.4) is 0 Å². The molecular formula is C9H10ClF2N3. The number of nitrogens with zero attached hydrogens (tertiary/aromatic N) is 3. The minimum absolute atomic E-state index is 0.131. The van der Waals surface area contributed by atoms with Crippen LogP contribution in [-0.2, 0) is 5.88 Å². The fourth-order valence-corrected chi connectivity index (χ4v) is 1.62. The molecule has 0 atom stereocenters. The van der Waals surface area contributed by atoms with E-state index in [1.165, 1.54) is 4.90 Å². The van der Waals surface area contributed by atoms with E-state index >= 15 is 0 Å². The van der Waals surface area contributed by atoms with E-state index in [0.29, 0.717) is 18.4 Å². The Labute approximate surface area is 91.1 Å². The molecule has 1 aliphatic rings. The van der Waals surface area contributed by atoms with Crippen molar-refractivity contribution in [2.24, 2.45) is 0 Å². The molecule has 0 N–H and O–H groups in total. The molecule has 0 radical (unpaired) electrons. The van der Waals surface area contributed by atoms with Crippen LogP contribution in [0.4, 0.5) is 14.7 Å². The molecule has 1 aliphatic heterocycles. The molecule has 3 nitrogen and oxygen atoms in total. The van der Waals surface area contributed by atoms with Crippen LogP contribution in [0.1, 0.15) is 12.0 Å². The van der Waals surface area contributed by atoms with E-state index in [4.69, 9.17) is 11.6 Å². The summed E-state index contributed by atoms with van der Waals surface area (Å²) >= 11 is 5.57. The second-order valence-electron chi connectivity index (χ2n) is 3.55. The quantitative estimate of drug-likeness (QED) is 0.733. The lowest BCUT2D eigenvalue weighted by Gasteiger charge is -2.15. The molecule has 0 aromatic carbocycles. The second kappa shape index (κ2) is 3.89. The minimum atomic E-state index is -2.62. The van der Waals surface area contributed by atoms with Crippen LogP contribution in [0.5, 0.6) is 0 Å². The number of alkyl halides is 3. The van der Waals surface area contributed by atoms with Crippen molar-refractivity contribution in [1.82, 2.24) is 9.97 Å². The Hall–Kier alpha value is -0.970. The third-order valence-corrected chi connectivity index (χ3v) is 2.61. The zero-order chi connectivity index (χ0) is 10.9. The van der Waals surface area contributed by atoms with Crippen LogP contribution in [-0.4, -0.2) is 29.0 Å². The summed E-state index contributed by atoms with van der Waals surface area (Å²) in [6, 6.07) is 0. The molecule has 1 saturated heterocycles. The molecule has 0 bridgehead atoms. The SMILES string of the molecule is FC1(F)CCN(c2ncc(CCl)cn2)C1. The number of hydrogen-bond donors (Lipinski definition) is 0. The molecule has 0 aliphatic carbocycles. The average Bonchev–Trinajstić information content (AvgIpc) is 2.59. The van der Waals surface area contributed by atoms with Gasteiger partial charge in [0.2, 0.25) is 5.95 Å². The standard InChI is InChI=1S/C9H10ClF2N3/c10-3-7-4-13-8(14-5-7)15-2-1-9(11,12)6-15/h4-5H,1-3,6H2. The first kappa shape index (κ1) is 10.5. The van der Waals surface area contributed by atoms with Gasteiger partial charge >= 0.3 is 0 Å². The van der Waals surface area contributed by atoms with Crippen molar-refractivity contribution in [2.75, 3.05) is 18.0 Å². The largest absolute Gasteiger partial charge is 0.335 e. The fraction of sp³-hybridized carbons (Fsp3) is 0.556. The van der Waals surface area contributed by atoms with Crippen LogP contribution in [0, 0.1) is 0 Å². The monoisotopic (exact) mass is 233 g/mol. The van der Waals surface area contributed by atoms with Gasteiger partial charge in [0.25, 0.3) is 5.92 Å². The normalized spacial score (nSPS) is 19.5. The zero-order valence-electron chi connectivity index (χ0n) is 7.96. The Morgan fingerprint density at radius 2 is 2.07 bits per heavy atom. The van der Waals surface area contributed by atoms with Crippen molar-refractivity contribution in [1.29, 1.82) is 0 Å². The van der Waals surface area contributed by atoms with Gasteiger partial charge in [-0.15, -0.1) is 11.6 Å². The van der Waals surface area contributed by atoms with Crippen molar-refractivity contribution in [3.05, 3.63) is 18.0 Å². The minimum Gasteiger partial charge on any atom is -0.335 e. The highest BCUT2D eigenvalue weighted by atomic mass is 35.5. The second-order valence-corrected chi connectivity index (χ2v) is 3.82. The highest BCUT2D eigenvalue weighted by Gasteiger charge is 2.39. The van der Waals surface area contributed by atoms with Crippen molar-refractivity contribution in [3.8, 4) is 0 Å². The Kier molecular flexibility index (Phi) is 2.73. The van der Waals surface area contributed by atoms with Crippen LogP contribution < -0.4 is 4.90 Å². The highest BCUT2D eigenvalue weighted by molar-refractivity contribution is 6.17. The van der Waals surface area contributed by atoms with E-state index in [0.717, 1.165) is 5.56 Å². The maximum atomic E-state index is 12.9. The zero-order valence-corrected chi connectivity index (χ0v) is 8.71. The van der Waals surface area contributed by atoms with Crippen molar-refractivity contribution < 1.29 is 8.78 Å². The van der Waals surface area contributed by atoms with Gasteiger partial charge in [0, 0.05) is 30.9 Å². The summed E-state index contributed by atoms with van der Waals surface area (Å²) < 4.78 is 25.8. The third kappa shape index (κ3) is 2.34. The van der Waals surface area contributed by atoms with Crippen LogP contribution in [0.25, 0.3) is 0 Å². The van der Waals surface area contributed by atoms with Crippen LogP contribution in [0.15, 0.2) is 12.4 Å². The lowest BCUT2D eigenvalue weighted by Crippen LogP contribution is -2.26. The van der Waals surface area contributed by atoms with Gasteiger partial charge in [0.15, 0.2) is 0 Å². The van der Waals surface area contributed by atoms with Gasteiger partial charge in [-0.25, -0.2) is 18.7 Å². The lowest BCUT2D eigenvalue weighted by molar-refractivity contribution is 0.0256. The van der Waals surface area contributed by atoms with Gasteiger partial charge in [0.05, 0.1) is 12.4 Å². The average molecular weight is 234 g/mol. The Morgan fingerprint density at radius 1 is 1.40 bits per heavy atom. The Morgan fingerprint density at radius 3 is 2.53 bits per heavy atom. The summed E-state index contributed by atoms with van der Waals surface area (Å²) in [5.41, 5.74) is 0.784. The molecule has 1 aromatic rings. The van der Waals surface area contributed by atoms with E-state index < -0.39 is 5.92 Å². The van der Waals surface area contributed by atoms with Crippen molar-refractivity contribution in [3.63, 3.8) is 0 Å². The predicted molar refractivity (Wildman–Crippen MR) is 53.4 cm³/mol. The number of anilines is 1. The summed E-state index contributed by atoms with van der Waals surface area (Å²) in [6.45, 7) is 0.000440. The molecule has 6 heteroatoms. The number of aromatic nitrogens is 2. The van der Waals surface area contributed by atoms with Gasteiger partial charge in [-0.2, -0.15) is 0 Å². The highest BCUT2D eigenvalue weighted by Crippen LogP contribution is 2.28. The third-order valence-electron chi connectivity index (χ3n) is 2.30. The first-order chi connectivity index (χ1) is 7.11. The van der Waals surface area contributed by atoms with Crippen molar-refractivity contribution >= 4 is 17.5 Å². The molecule has 2 rings (SSSR count). The molecule has 15 heavy (non-hydrogen) atoms. The molecule has 1 fully saturated rings. The Bertz CT molecular complexity index is 342. The van der Waals surface area contributed by atoms with Crippen LogP contribution in [0.2, 0.25) is 0 Å². The first-order valence-electron chi connectivity index (χ1n) is 4.60. The lowest BCUT2D eigenvalue weighted by atomic mass is 10.3. The summed E-state index contributed by atoms with van der Waals surface area (Å²) in [5.74, 6) is -1.94. The molecule has 0 saturated carbocycles. The first-order valence-corrected chi connectivity index (χ1v) is 5.14. The fourth-order valence-electron chi connectivity index (χ4n) is 1.49. The van der Waals surface area contributed by atoms with E-state index in [-0.39, 0.29) is 13.0 Å². The number of halogens is 3. The van der Waals surface area contributed by atoms with E-state index in [1.54, 1.807) is 12.4 Å². The van der Waals surface area contributed by atoms with Gasteiger partial charge in [-0.3, -0.25) is 0 Å². The Balaban J connectivity index is 2.11. The van der Waals surface area contributed by atoms with E-state index in [9.17, 15) is 8.78 Å². The molecule has 82 valence electrons. The predicted octanol–water partition coefficient (Wildman–Crippen LogP) is 2.06. The number of rotatable bonds is 2. The molecule has 0 amide bonds. The van der Waals surface area contributed by atoms with Gasteiger partial charge in [0.1, 0.15) is 0 Å². The smallest absolute Gasteiger partial charge is 0.267 e.